The number of carbonyl (C=O) groups is 1. The van der Waals surface area contributed by atoms with Crippen LogP contribution < -0.4 is 10.6 Å². The lowest BCUT2D eigenvalue weighted by Crippen LogP contribution is -2.18. The lowest BCUT2D eigenvalue weighted by atomic mass is 10.1. The van der Waals surface area contributed by atoms with Gasteiger partial charge in [0.1, 0.15) is 11.6 Å². The van der Waals surface area contributed by atoms with E-state index in [4.69, 9.17) is 5.26 Å². The van der Waals surface area contributed by atoms with Crippen molar-refractivity contribution in [3.8, 4) is 6.07 Å². The third-order valence-corrected chi connectivity index (χ3v) is 2.79. The average molecular weight is 257 g/mol. The van der Waals surface area contributed by atoms with Gasteiger partial charge in [0.15, 0.2) is 0 Å². The average Bonchev–Trinajstić information content (AvgIpc) is 2.42. The third kappa shape index (κ3) is 3.85. The molecule has 4 heteroatoms. The van der Waals surface area contributed by atoms with Gasteiger partial charge in [0.2, 0.25) is 0 Å². The van der Waals surface area contributed by atoms with Gasteiger partial charge in [-0.1, -0.05) is 25.1 Å². The Labute approximate surface area is 114 Å². The summed E-state index contributed by atoms with van der Waals surface area (Å²) in [5.41, 5.74) is 2.93. The molecule has 0 aliphatic carbocycles. The van der Waals surface area contributed by atoms with Crippen LogP contribution in [0, 0.1) is 18.3 Å². The first-order chi connectivity index (χ1) is 9.13. The van der Waals surface area contributed by atoms with Crippen molar-refractivity contribution in [1.82, 2.24) is 5.32 Å². The summed E-state index contributed by atoms with van der Waals surface area (Å²) in [5.74, 6) is -0.382. The molecule has 0 heterocycles. The van der Waals surface area contributed by atoms with Crippen molar-refractivity contribution in [3.63, 3.8) is 0 Å². The first-order valence-electron chi connectivity index (χ1n) is 6.37. The summed E-state index contributed by atoms with van der Waals surface area (Å²) in [5, 5.41) is 14.7. The van der Waals surface area contributed by atoms with Gasteiger partial charge in [-0.3, -0.25) is 4.79 Å². The first-order valence-corrected chi connectivity index (χ1v) is 6.37. The summed E-state index contributed by atoms with van der Waals surface area (Å²) in [6, 6.07) is 7.78. The summed E-state index contributed by atoms with van der Waals surface area (Å²) in [7, 11) is 0. The van der Waals surface area contributed by atoms with E-state index in [1.54, 1.807) is 0 Å². The molecule has 0 bridgehead atoms. The zero-order valence-electron chi connectivity index (χ0n) is 11.6. The number of nitrogens with one attached hydrogen (secondary N) is 2. The SMILES string of the molecule is CCN/C=C(/C#N)C(=O)Nc1c(C)cccc1CC. The first kappa shape index (κ1) is 14.8. The van der Waals surface area contributed by atoms with Gasteiger partial charge in [-0.15, -0.1) is 0 Å². The highest BCUT2D eigenvalue weighted by Gasteiger charge is 2.12. The van der Waals surface area contributed by atoms with Crippen molar-refractivity contribution in [1.29, 1.82) is 5.26 Å². The Bertz CT molecular complexity index is 527. The van der Waals surface area contributed by atoms with Crippen molar-refractivity contribution >= 4 is 11.6 Å². The molecule has 0 aromatic heterocycles. The van der Waals surface area contributed by atoms with Gasteiger partial charge in [0.25, 0.3) is 5.91 Å². The lowest BCUT2D eigenvalue weighted by molar-refractivity contribution is -0.112. The van der Waals surface area contributed by atoms with Crippen LogP contribution in [0.1, 0.15) is 25.0 Å². The molecule has 0 atom stereocenters. The predicted molar refractivity (Wildman–Crippen MR) is 76.6 cm³/mol. The normalized spacial score (nSPS) is 10.7. The largest absolute Gasteiger partial charge is 0.390 e. The molecular formula is C15H19N3O. The Morgan fingerprint density at radius 2 is 2.16 bits per heavy atom. The summed E-state index contributed by atoms with van der Waals surface area (Å²) in [4.78, 5) is 12.0. The number of nitriles is 1. The summed E-state index contributed by atoms with van der Waals surface area (Å²) >= 11 is 0. The van der Waals surface area contributed by atoms with Gasteiger partial charge in [-0.2, -0.15) is 5.26 Å². The van der Waals surface area contributed by atoms with Crippen LogP contribution in [0.5, 0.6) is 0 Å². The van der Waals surface area contributed by atoms with Crippen LogP contribution in [0.25, 0.3) is 0 Å². The number of benzene rings is 1. The number of amides is 1. The van der Waals surface area contributed by atoms with E-state index in [1.807, 2.05) is 45.0 Å². The molecule has 4 nitrogen and oxygen atoms in total. The van der Waals surface area contributed by atoms with Crippen molar-refractivity contribution in [3.05, 3.63) is 41.1 Å². The van der Waals surface area contributed by atoms with Crippen molar-refractivity contribution < 1.29 is 4.79 Å². The third-order valence-electron chi connectivity index (χ3n) is 2.79. The quantitative estimate of drug-likeness (QED) is 0.629. The number of rotatable bonds is 5. The van der Waals surface area contributed by atoms with Crippen LogP contribution in [0.3, 0.4) is 0 Å². The van der Waals surface area contributed by atoms with Gasteiger partial charge in [0.05, 0.1) is 0 Å². The van der Waals surface area contributed by atoms with Gasteiger partial charge in [-0.05, 0) is 31.4 Å². The van der Waals surface area contributed by atoms with Crippen LogP contribution in [0.2, 0.25) is 0 Å². The Hall–Kier alpha value is -2.28. The minimum absolute atomic E-state index is 0.0761. The van der Waals surface area contributed by atoms with Gasteiger partial charge < -0.3 is 10.6 Å². The summed E-state index contributed by atoms with van der Waals surface area (Å²) in [6.45, 7) is 6.54. The van der Waals surface area contributed by atoms with Crippen LogP contribution in [-0.2, 0) is 11.2 Å². The van der Waals surface area contributed by atoms with Gasteiger partial charge >= 0.3 is 0 Å². The van der Waals surface area contributed by atoms with Crippen LogP contribution in [0.15, 0.2) is 30.0 Å². The molecule has 1 rings (SSSR count). The van der Waals surface area contributed by atoms with E-state index in [1.165, 1.54) is 6.20 Å². The van der Waals surface area contributed by atoms with Crippen LogP contribution in [0.4, 0.5) is 5.69 Å². The molecule has 0 aliphatic rings. The van der Waals surface area contributed by atoms with Crippen molar-refractivity contribution in [2.75, 3.05) is 11.9 Å². The van der Waals surface area contributed by atoms with E-state index < -0.39 is 0 Å². The van der Waals surface area contributed by atoms with E-state index in [2.05, 4.69) is 10.6 Å². The highest BCUT2D eigenvalue weighted by Crippen LogP contribution is 2.21. The van der Waals surface area contributed by atoms with Gasteiger partial charge in [0, 0.05) is 18.4 Å². The molecule has 100 valence electrons. The van der Waals surface area contributed by atoms with E-state index in [-0.39, 0.29) is 11.5 Å². The van der Waals surface area contributed by atoms with Crippen LogP contribution >= 0.6 is 0 Å². The minimum atomic E-state index is -0.382. The predicted octanol–water partition coefficient (Wildman–Crippen LogP) is 2.51. The van der Waals surface area contributed by atoms with Crippen molar-refractivity contribution in [2.45, 2.75) is 27.2 Å². The maximum absolute atomic E-state index is 12.0. The Kier molecular flexibility index (Phi) is 5.62. The standard InChI is InChI=1S/C15H19N3O/c1-4-12-8-6-7-11(3)14(12)18-15(19)13(9-16)10-17-5-2/h6-8,10,17H,4-5H2,1-3H3,(H,18,19)/b13-10-. The zero-order chi connectivity index (χ0) is 14.3. The minimum Gasteiger partial charge on any atom is -0.390 e. The second-order valence-corrected chi connectivity index (χ2v) is 4.14. The maximum Gasteiger partial charge on any atom is 0.267 e. The fraction of sp³-hybridized carbons (Fsp3) is 0.333. The zero-order valence-corrected chi connectivity index (χ0v) is 11.6. The molecule has 0 fully saturated rings. The Balaban J connectivity index is 2.97. The van der Waals surface area contributed by atoms with E-state index in [0.29, 0.717) is 6.54 Å². The lowest BCUT2D eigenvalue weighted by Gasteiger charge is -2.12. The second-order valence-electron chi connectivity index (χ2n) is 4.14. The van der Waals surface area contributed by atoms with E-state index in [0.717, 1.165) is 23.2 Å². The molecule has 0 radical (unpaired) electrons. The van der Waals surface area contributed by atoms with Gasteiger partial charge in [-0.25, -0.2) is 0 Å². The fourth-order valence-electron chi connectivity index (χ4n) is 1.74. The molecular weight excluding hydrogens is 238 g/mol. The monoisotopic (exact) mass is 257 g/mol. The molecule has 19 heavy (non-hydrogen) atoms. The number of carbonyl (C=O) groups excluding carboxylic acids is 1. The topological polar surface area (TPSA) is 64.9 Å². The number of hydrogen-bond acceptors (Lipinski definition) is 3. The Morgan fingerprint density at radius 3 is 2.74 bits per heavy atom. The van der Waals surface area contributed by atoms with Crippen molar-refractivity contribution in [2.24, 2.45) is 0 Å². The number of aryl methyl sites for hydroxylation is 2. The maximum atomic E-state index is 12.0. The highest BCUT2D eigenvalue weighted by atomic mass is 16.1. The summed E-state index contributed by atoms with van der Waals surface area (Å²) in [6.07, 6.45) is 2.27. The number of para-hydroxylation sites is 1. The molecule has 1 amide bonds. The smallest absolute Gasteiger partial charge is 0.267 e. The molecule has 1 aromatic carbocycles. The molecule has 2 N–H and O–H groups in total. The van der Waals surface area contributed by atoms with E-state index >= 15 is 0 Å². The number of anilines is 1. The number of nitrogens with zero attached hydrogens (tertiary/aromatic N) is 1. The molecule has 0 saturated heterocycles. The molecule has 0 unspecified atom stereocenters. The highest BCUT2D eigenvalue weighted by molar-refractivity contribution is 6.07. The second kappa shape index (κ2) is 7.22. The molecule has 0 aliphatic heterocycles. The molecule has 0 saturated carbocycles. The molecule has 1 aromatic rings. The number of hydrogen-bond donors (Lipinski definition) is 2. The fourth-order valence-corrected chi connectivity index (χ4v) is 1.74. The van der Waals surface area contributed by atoms with E-state index in [9.17, 15) is 4.79 Å². The van der Waals surface area contributed by atoms with Crippen LogP contribution in [-0.4, -0.2) is 12.5 Å². The Morgan fingerprint density at radius 1 is 1.42 bits per heavy atom. The molecule has 0 spiro atoms. The summed E-state index contributed by atoms with van der Waals surface area (Å²) < 4.78 is 0.